The Bertz CT molecular complexity index is 1000. The zero-order valence-corrected chi connectivity index (χ0v) is 14.0. The van der Waals surface area contributed by atoms with Crippen LogP contribution in [0.15, 0.2) is 65.0 Å². The predicted octanol–water partition coefficient (Wildman–Crippen LogP) is 4.92. The number of furan rings is 1. The first kappa shape index (κ1) is 16.1. The SMILES string of the molecule is Cc1cc(OCc2cccc(F)c2)cc2c1C(=O)/C(=C/c1ccco1)O2. The highest BCUT2D eigenvalue weighted by Crippen LogP contribution is 2.37. The summed E-state index contributed by atoms with van der Waals surface area (Å²) in [4.78, 5) is 12.6. The van der Waals surface area contributed by atoms with Crippen LogP contribution in [0.5, 0.6) is 11.5 Å². The zero-order valence-electron chi connectivity index (χ0n) is 14.0. The van der Waals surface area contributed by atoms with Crippen LogP contribution in [-0.4, -0.2) is 5.78 Å². The number of hydrogen-bond donors (Lipinski definition) is 0. The minimum absolute atomic E-state index is 0.189. The number of ketones is 1. The topological polar surface area (TPSA) is 48.7 Å². The van der Waals surface area contributed by atoms with E-state index < -0.39 is 0 Å². The molecule has 0 fully saturated rings. The van der Waals surface area contributed by atoms with Gasteiger partial charge in [0.05, 0.1) is 11.8 Å². The summed E-state index contributed by atoms with van der Waals surface area (Å²) in [5, 5.41) is 0. The Labute approximate surface area is 149 Å². The number of hydrogen-bond acceptors (Lipinski definition) is 4. The third-order valence-corrected chi connectivity index (χ3v) is 4.05. The van der Waals surface area contributed by atoms with Crippen molar-refractivity contribution in [3.8, 4) is 11.5 Å². The fourth-order valence-corrected chi connectivity index (χ4v) is 2.86. The van der Waals surface area contributed by atoms with Gasteiger partial charge in [-0.15, -0.1) is 0 Å². The monoisotopic (exact) mass is 350 g/mol. The van der Waals surface area contributed by atoms with E-state index in [1.165, 1.54) is 18.4 Å². The van der Waals surface area contributed by atoms with Crippen LogP contribution >= 0.6 is 0 Å². The normalized spacial score (nSPS) is 14.4. The molecule has 0 amide bonds. The predicted molar refractivity (Wildman–Crippen MR) is 93.6 cm³/mol. The van der Waals surface area contributed by atoms with Crippen LogP contribution in [0.2, 0.25) is 0 Å². The molecule has 2 heterocycles. The second-order valence-electron chi connectivity index (χ2n) is 5.99. The van der Waals surface area contributed by atoms with Crippen LogP contribution in [-0.2, 0) is 6.61 Å². The first-order chi connectivity index (χ1) is 12.6. The van der Waals surface area contributed by atoms with Crippen LogP contribution in [0.3, 0.4) is 0 Å². The molecule has 0 bridgehead atoms. The summed E-state index contributed by atoms with van der Waals surface area (Å²) >= 11 is 0. The van der Waals surface area contributed by atoms with Crippen LogP contribution in [0.4, 0.5) is 4.39 Å². The van der Waals surface area contributed by atoms with Crippen molar-refractivity contribution in [1.29, 1.82) is 0 Å². The van der Waals surface area contributed by atoms with Gasteiger partial charge in [-0.25, -0.2) is 4.39 Å². The third-order valence-electron chi connectivity index (χ3n) is 4.05. The Morgan fingerprint density at radius 3 is 2.81 bits per heavy atom. The molecular formula is C21H15FO4. The van der Waals surface area contributed by atoms with Crippen LogP contribution in [0.25, 0.3) is 6.08 Å². The molecule has 4 nitrogen and oxygen atoms in total. The Kier molecular flexibility index (Phi) is 4.05. The number of benzene rings is 2. The first-order valence-electron chi connectivity index (χ1n) is 8.10. The molecular weight excluding hydrogens is 335 g/mol. The summed E-state index contributed by atoms with van der Waals surface area (Å²) in [7, 11) is 0. The second kappa shape index (κ2) is 6.52. The van der Waals surface area contributed by atoms with Gasteiger partial charge in [-0.05, 0) is 48.4 Å². The molecule has 0 atom stereocenters. The second-order valence-corrected chi connectivity index (χ2v) is 5.99. The molecule has 1 aliphatic heterocycles. The van der Waals surface area contributed by atoms with Crippen molar-refractivity contribution in [3.05, 3.63) is 88.8 Å². The molecule has 0 saturated heterocycles. The Morgan fingerprint density at radius 2 is 2.04 bits per heavy atom. The van der Waals surface area contributed by atoms with E-state index in [0.717, 1.165) is 11.1 Å². The quantitative estimate of drug-likeness (QED) is 0.627. The summed E-state index contributed by atoms with van der Waals surface area (Å²) in [6.07, 6.45) is 3.09. The first-order valence-corrected chi connectivity index (χ1v) is 8.10. The molecule has 1 aromatic heterocycles. The van der Waals surface area contributed by atoms with Gasteiger partial charge >= 0.3 is 0 Å². The summed E-state index contributed by atoms with van der Waals surface area (Å²) in [5.41, 5.74) is 1.99. The smallest absolute Gasteiger partial charge is 0.232 e. The summed E-state index contributed by atoms with van der Waals surface area (Å²) in [6, 6.07) is 13.1. The molecule has 2 aromatic carbocycles. The van der Waals surface area contributed by atoms with E-state index in [4.69, 9.17) is 13.9 Å². The number of aryl methyl sites for hydroxylation is 1. The number of carbonyl (C=O) groups excluding carboxylic acids is 1. The molecule has 0 N–H and O–H groups in total. The highest BCUT2D eigenvalue weighted by Gasteiger charge is 2.30. The Balaban J connectivity index is 1.57. The maximum Gasteiger partial charge on any atom is 0.232 e. The van der Waals surface area contributed by atoms with Crippen LogP contribution in [0.1, 0.15) is 27.2 Å². The Hall–Kier alpha value is -3.34. The number of fused-ring (bicyclic) bond motifs is 1. The number of halogens is 1. The zero-order chi connectivity index (χ0) is 18.1. The van der Waals surface area contributed by atoms with E-state index >= 15 is 0 Å². The van der Waals surface area contributed by atoms with Crippen LogP contribution in [0, 0.1) is 12.7 Å². The average Bonchev–Trinajstić information content (AvgIpc) is 3.22. The maximum atomic E-state index is 13.3. The van der Waals surface area contributed by atoms with Gasteiger partial charge < -0.3 is 13.9 Å². The van der Waals surface area contributed by atoms with Gasteiger partial charge in [0, 0.05) is 12.1 Å². The fraction of sp³-hybridized carbons (Fsp3) is 0.0952. The van der Waals surface area contributed by atoms with E-state index in [1.54, 1.807) is 42.5 Å². The van der Waals surface area contributed by atoms with Gasteiger partial charge in [0.2, 0.25) is 5.78 Å². The molecule has 130 valence electrons. The molecule has 3 aromatic rings. The fourth-order valence-electron chi connectivity index (χ4n) is 2.86. The minimum atomic E-state index is -0.308. The van der Waals surface area contributed by atoms with E-state index in [0.29, 0.717) is 22.8 Å². The molecule has 0 saturated carbocycles. The number of ether oxygens (including phenoxy) is 2. The van der Waals surface area contributed by atoms with Crippen molar-refractivity contribution < 1.29 is 23.1 Å². The van der Waals surface area contributed by atoms with Gasteiger partial charge in [-0.2, -0.15) is 0 Å². The van der Waals surface area contributed by atoms with Gasteiger partial charge in [-0.3, -0.25) is 4.79 Å². The van der Waals surface area contributed by atoms with E-state index in [1.807, 2.05) is 6.92 Å². The lowest BCUT2D eigenvalue weighted by Crippen LogP contribution is -2.00. The van der Waals surface area contributed by atoms with E-state index in [9.17, 15) is 9.18 Å². The van der Waals surface area contributed by atoms with Crippen molar-refractivity contribution in [3.63, 3.8) is 0 Å². The van der Waals surface area contributed by atoms with Crippen molar-refractivity contribution in [2.24, 2.45) is 0 Å². The van der Waals surface area contributed by atoms with Crippen LogP contribution < -0.4 is 9.47 Å². The van der Waals surface area contributed by atoms with Crippen molar-refractivity contribution in [2.75, 3.05) is 0 Å². The number of rotatable bonds is 4. The van der Waals surface area contributed by atoms with Crippen molar-refractivity contribution in [1.82, 2.24) is 0 Å². The largest absolute Gasteiger partial charge is 0.489 e. The number of Topliss-reactive ketones (excluding diaryl/α,β-unsaturated/α-hetero) is 1. The maximum absolute atomic E-state index is 13.3. The molecule has 26 heavy (non-hydrogen) atoms. The molecule has 5 heteroatoms. The summed E-state index contributed by atoms with van der Waals surface area (Å²) in [6.45, 7) is 2.05. The highest BCUT2D eigenvalue weighted by atomic mass is 19.1. The molecule has 0 unspecified atom stereocenters. The molecule has 4 rings (SSSR count). The van der Waals surface area contributed by atoms with Gasteiger partial charge in [0.15, 0.2) is 5.76 Å². The molecule has 0 aliphatic carbocycles. The lowest BCUT2D eigenvalue weighted by molar-refractivity contribution is 0.101. The molecule has 0 spiro atoms. The third kappa shape index (κ3) is 3.11. The molecule has 0 radical (unpaired) electrons. The highest BCUT2D eigenvalue weighted by molar-refractivity contribution is 6.15. The molecule has 1 aliphatic rings. The standard InChI is InChI=1S/C21H15FO4/c1-13-8-17(25-12-14-4-2-5-15(22)9-14)11-18-20(13)21(23)19(26-18)10-16-6-3-7-24-16/h2-11H,12H2,1H3/b19-10-. The lowest BCUT2D eigenvalue weighted by atomic mass is 10.0. The lowest BCUT2D eigenvalue weighted by Gasteiger charge is -2.09. The van der Waals surface area contributed by atoms with Crippen molar-refractivity contribution >= 4 is 11.9 Å². The van der Waals surface area contributed by atoms with Gasteiger partial charge in [0.25, 0.3) is 0 Å². The number of allylic oxidation sites excluding steroid dienone is 1. The summed E-state index contributed by atoms with van der Waals surface area (Å²) < 4.78 is 29.9. The van der Waals surface area contributed by atoms with Gasteiger partial charge in [0.1, 0.15) is 29.7 Å². The van der Waals surface area contributed by atoms with Gasteiger partial charge in [-0.1, -0.05) is 12.1 Å². The van der Waals surface area contributed by atoms with E-state index in [-0.39, 0.29) is 24.0 Å². The minimum Gasteiger partial charge on any atom is -0.489 e. The average molecular weight is 350 g/mol. The Morgan fingerprint density at radius 1 is 1.15 bits per heavy atom. The number of carbonyl (C=O) groups is 1. The summed E-state index contributed by atoms with van der Waals surface area (Å²) in [5.74, 6) is 1.25. The van der Waals surface area contributed by atoms with E-state index in [2.05, 4.69) is 0 Å². The van der Waals surface area contributed by atoms with Crippen molar-refractivity contribution in [2.45, 2.75) is 13.5 Å².